The minimum absolute atomic E-state index is 0.253. The maximum absolute atomic E-state index is 13.3. The summed E-state index contributed by atoms with van der Waals surface area (Å²) in [5.41, 5.74) is 3.89. The minimum atomic E-state index is 0.253. The summed E-state index contributed by atoms with van der Waals surface area (Å²) in [5, 5.41) is 0. The Morgan fingerprint density at radius 3 is 2.67 bits per heavy atom. The molecular formula is C25H31N3O2. The van der Waals surface area contributed by atoms with E-state index in [1.54, 1.807) is 0 Å². The highest BCUT2D eigenvalue weighted by molar-refractivity contribution is 5.23. The summed E-state index contributed by atoms with van der Waals surface area (Å²) in [7, 11) is 0. The second kappa shape index (κ2) is 7.63. The number of morpholine rings is 1. The van der Waals surface area contributed by atoms with E-state index in [1.165, 1.54) is 17.7 Å². The summed E-state index contributed by atoms with van der Waals surface area (Å²) >= 11 is 0. The van der Waals surface area contributed by atoms with E-state index in [1.807, 2.05) is 0 Å². The highest BCUT2D eigenvalue weighted by Crippen LogP contribution is 2.35. The molecule has 0 saturated carbocycles. The van der Waals surface area contributed by atoms with Crippen molar-refractivity contribution in [3.05, 3.63) is 69.6 Å². The predicted octanol–water partition coefficient (Wildman–Crippen LogP) is 2.48. The molecule has 3 fully saturated rings. The van der Waals surface area contributed by atoms with Crippen molar-refractivity contribution < 1.29 is 4.74 Å². The van der Waals surface area contributed by atoms with Crippen LogP contribution in [-0.4, -0.2) is 59.3 Å². The molecular weight excluding hydrogens is 374 g/mol. The van der Waals surface area contributed by atoms with Crippen molar-refractivity contribution in [3.8, 4) is 0 Å². The van der Waals surface area contributed by atoms with Gasteiger partial charge in [0.15, 0.2) is 0 Å². The fourth-order valence-electron chi connectivity index (χ4n) is 6.22. The Hall–Kier alpha value is -1.95. The van der Waals surface area contributed by atoms with Gasteiger partial charge in [0.25, 0.3) is 5.56 Å². The molecule has 4 atom stereocenters. The zero-order valence-electron chi connectivity index (χ0n) is 17.6. The number of hydrogen-bond acceptors (Lipinski definition) is 4. The van der Waals surface area contributed by atoms with Crippen LogP contribution in [0.1, 0.15) is 35.6 Å². The van der Waals surface area contributed by atoms with Gasteiger partial charge in [0.2, 0.25) is 0 Å². The van der Waals surface area contributed by atoms with Gasteiger partial charge in [-0.25, -0.2) is 0 Å². The van der Waals surface area contributed by atoms with Gasteiger partial charge in [-0.15, -0.1) is 0 Å². The zero-order chi connectivity index (χ0) is 20.1. The lowest BCUT2D eigenvalue weighted by Gasteiger charge is -2.43. The van der Waals surface area contributed by atoms with Crippen molar-refractivity contribution >= 4 is 0 Å². The van der Waals surface area contributed by atoms with Crippen LogP contribution in [0.4, 0.5) is 0 Å². The molecule has 3 saturated heterocycles. The van der Waals surface area contributed by atoms with E-state index in [9.17, 15) is 4.79 Å². The zero-order valence-corrected chi connectivity index (χ0v) is 17.6. The van der Waals surface area contributed by atoms with Gasteiger partial charge in [-0.1, -0.05) is 36.4 Å². The van der Waals surface area contributed by atoms with E-state index in [2.05, 4.69) is 56.8 Å². The van der Waals surface area contributed by atoms with Crippen molar-refractivity contribution in [2.24, 2.45) is 5.92 Å². The number of rotatable bonds is 5. The summed E-state index contributed by atoms with van der Waals surface area (Å²) in [4.78, 5) is 18.4. The van der Waals surface area contributed by atoms with Crippen molar-refractivity contribution in [2.45, 2.75) is 50.4 Å². The van der Waals surface area contributed by atoms with Crippen molar-refractivity contribution in [2.75, 3.05) is 32.8 Å². The number of nitrogens with zero attached hydrogens (tertiary/aromatic N) is 3. The number of fused-ring (bicyclic) bond motifs is 6. The van der Waals surface area contributed by atoms with E-state index in [0.29, 0.717) is 24.0 Å². The monoisotopic (exact) mass is 405 g/mol. The normalized spacial score (nSPS) is 30.5. The molecule has 0 aliphatic carbocycles. The quantitative estimate of drug-likeness (QED) is 0.766. The Balaban J connectivity index is 1.17. The topological polar surface area (TPSA) is 37.7 Å². The summed E-state index contributed by atoms with van der Waals surface area (Å²) in [6, 6.07) is 15.7. The Morgan fingerprint density at radius 1 is 0.967 bits per heavy atom. The Morgan fingerprint density at radius 2 is 1.87 bits per heavy atom. The van der Waals surface area contributed by atoms with Gasteiger partial charge in [-0.05, 0) is 36.8 Å². The third-order valence-electron chi connectivity index (χ3n) is 7.71. The van der Waals surface area contributed by atoms with Crippen molar-refractivity contribution in [1.82, 2.24) is 14.4 Å². The third-order valence-corrected chi connectivity index (χ3v) is 7.71. The molecule has 5 heteroatoms. The number of aromatic nitrogens is 1. The number of benzene rings is 1. The lowest BCUT2D eigenvalue weighted by molar-refractivity contribution is 0.0270. The first-order chi connectivity index (χ1) is 14.7. The van der Waals surface area contributed by atoms with Gasteiger partial charge in [0.05, 0.1) is 12.7 Å². The van der Waals surface area contributed by atoms with Gasteiger partial charge in [-0.2, -0.15) is 0 Å². The molecule has 1 aromatic heterocycles. The molecule has 6 rings (SSSR count). The van der Waals surface area contributed by atoms with E-state index in [-0.39, 0.29) is 5.56 Å². The minimum Gasteiger partial charge on any atom is -0.375 e. The third kappa shape index (κ3) is 3.43. The van der Waals surface area contributed by atoms with Crippen LogP contribution in [0.25, 0.3) is 0 Å². The molecule has 30 heavy (non-hydrogen) atoms. The first-order valence-electron chi connectivity index (χ1n) is 11.6. The molecule has 1 aromatic carbocycles. The largest absolute Gasteiger partial charge is 0.375 e. The number of hydrogen-bond donors (Lipinski definition) is 0. The van der Waals surface area contributed by atoms with Crippen LogP contribution < -0.4 is 5.56 Å². The molecule has 4 bridgehead atoms. The first-order valence-corrected chi connectivity index (χ1v) is 11.6. The molecule has 5 heterocycles. The van der Waals surface area contributed by atoms with E-state index in [4.69, 9.17) is 4.74 Å². The van der Waals surface area contributed by atoms with Crippen LogP contribution in [0, 0.1) is 5.92 Å². The number of likely N-dealkylation sites (tertiary alicyclic amines) is 2. The van der Waals surface area contributed by atoms with Crippen LogP contribution in [0.5, 0.6) is 0 Å². The fourth-order valence-corrected chi connectivity index (χ4v) is 6.22. The van der Waals surface area contributed by atoms with E-state index in [0.717, 1.165) is 64.3 Å². The number of piperidine rings is 1. The fraction of sp³-hybridized carbons (Fsp3) is 0.560. The van der Waals surface area contributed by atoms with Crippen LogP contribution in [0.2, 0.25) is 0 Å². The van der Waals surface area contributed by atoms with Gasteiger partial charge < -0.3 is 14.2 Å². The molecule has 0 radical (unpaired) electrons. The lowest BCUT2D eigenvalue weighted by Crippen LogP contribution is -2.48. The Labute approximate surface area is 178 Å². The van der Waals surface area contributed by atoms with Crippen LogP contribution >= 0.6 is 0 Å². The summed E-state index contributed by atoms with van der Waals surface area (Å²) in [6.07, 6.45) is 3.85. The highest BCUT2D eigenvalue weighted by atomic mass is 16.5. The molecule has 5 nitrogen and oxygen atoms in total. The standard InChI is InChI=1S/C25H31N3O2/c29-25-20(15-27-16-23-11-22(27)17-30-23)6-7-24-21-10-19(13-28(24)25)12-26(14-21)9-8-18-4-2-1-3-5-18/h1-7,19,21-23H,8-17H2/t19-,21+,22+,23+/m0/s1. The maximum atomic E-state index is 13.3. The summed E-state index contributed by atoms with van der Waals surface area (Å²) < 4.78 is 7.84. The number of pyridine rings is 1. The Bertz CT molecular complexity index is 972. The second-order valence-corrected chi connectivity index (χ2v) is 9.77. The van der Waals surface area contributed by atoms with Crippen LogP contribution in [-0.2, 0) is 24.2 Å². The van der Waals surface area contributed by atoms with E-state index >= 15 is 0 Å². The average Bonchev–Trinajstić information content (AvgIpc) is 3.39. The number of ether oxygens (including phenoxy) is 1. The van der Waals surface area contributed by atoms with Crippen LogP contribution in [0.3, 0.4) is 0 Å². The van der Waals surface area contributed by atoms with Crippen LogP contribution in [0.15, 0.2) is 47.3 Å². The van der Waals surface area contributed by atoms with Gasteiger partial charge in [0, 0.05) is 62.5 Å². The van der Waals surface area contributed by atoms with Crippen molar-refractivity contribution in [1.29, 1.82) is 0 Å². The molecule has 2 aromatic rings. The lowest BCUT2D eigenvalue weighted by atomic mass is 9.83. The highest BCUT2D eigenvalue weighted by Gasteiger charge is 2.39. The first kappa shape index (κ1) is 18.8. The summed E-state index contributed by atoms with van der Waals surface area (Å²) in [6.45, 7) is 6.78. The SMILES string of the molecule is O=c1c(CN2C[C@H]3C[C@@H]2CO3)ccc2n1C[C@H]1C[C@@H]2CN(CCc2ccccc2)C1. The van der Waals surface area contributed by atoms with Gasteiger partial charge in [-0.3, -0.25) is 9.69 Å². The van der Waals surface area contributed by atoms with E-state index < -0.39 is 0 Å². The smallest absolute Gasteiger partial charge is 0.255 e. The van der Waals surface area contributed by atoms with Gasteiger partial charge >= 0.3 is 0 Å². The molecule has 0 amide bonds. The molecule has 0 spiro atoms. The molecule has 4 aliphatic rings. The predicted molar refractivity (Wildman–Crippen MR) is 117 cm³/mol. The van der Waals surface area contributed by atoms with Crippen molar-refractivity contribution in [3.63, 3.8) is 0 Å². The molecule has 4 aliphatic heterocycles. The summed E-state index contributed by atoms with van der Waals surface area (Å²) in [5.74, 6) is 1.09. The average molecular weight is 406 g/mol. The Kier molecular flexibility index (Phi) is 4.78. The maximum Gasteiger partial charge on any atom is 0.255 e. The van der Waals surface area contributed by atoms with Gasteiger partial charge in [0.1, 0.15) is 0 Å². The second-order valence-electron chi connectivity index (χ2n) is 9.77. The molecule has 0 N–H and O–H groups in total. The molecule has 158 valence electrons. The molecule has 0 unspecified atom stereocenters.